The van der Waals surface area contributed by atoms with Crippen LogP contribution in [0.2, 0.25) is 0 Å². The number of hydrogen-bond acceptors (Lipinski definition) is 0. The second-order valence-electron chi connectivity index (χ2n) is 8.08. The minimum atomic E-state index is 0.228. The molecule has 0 saturated heterocycles. The molecular formula is C33H42. The molecule has 0 aliphatic carbocycles. The average molecular weight is 439 g/mol. The lowest BCUT2D eigenvalue weighted by Gasteiger charge is -2.22. The van der Waals surface area contributed by atoms with Crippen molar-refractivity contribution in [2.45, 2.75) is 59.3 Å². The lowest BCUT2D eigenvalue weighted by atomic mass is 9.82. The SMILES string of the molecule is C=C/C=C(\C=C)C(C)c1cc(C(C)C(=C)/C=C\C=C/C)cc(C(C)c2ccccc2)c1.CC. The van der Waals surface area contributed by atoms with Gasteiger partial charge in [-0.05, 0) is 40.3 Å². The Bertz CT molecular complexity index is 982. The zero-order valence-electron chi connectivity index (χ0n) is 21.5. The van der Waals surface area contributed by atoms with Gasteiger partial charge in [0.2, 0.25) is 0 Å². The number of hydrogen-bond donors (Lipinski definition) is 0. The molecule has 0 spiro atoms. The maximum absolute atomic E-state index is 4.33. The molecule has 3 atom stereocenters. The molecule has 2 aromatic carbocycles. The zero-order valence-corrected chi connectivity index (χ0v) is 21.5. The molecule has 0 nitrogen and oxygen atoms in total. The molecule has 0 amide bonds. The van der Waals surface area contributed by atoms with Crippen LogP contribution in [0.3, 0.4) is 0 Å². The van der Waals surface area contributed by atoms with Crippen molar-refractivity contribution >= 4 is 0 Å². The van der Waals surface area contributed by atoms with Crippen molar-refractivity contribution in [3.05, 3.63) is 144 Å². The molecule has 2 rings (SSSR count). The number of allylic oxidation sites excluding steroid dienone is 9. The molecule has 0 N–H and O–H groups in total. The Morgan fingerprint density at radius 2 is 1.36 bits per heavy atom. The molecule has 0 aliphatic heterocycles. The van der Waals surface area contributed by atoms with E-state index in [1.54, 1.807) is 0 Å². The quantitative estimate of drug-likeness (QED) is 0.324. The molecule has 3 unspecified atom stereocenters. The van der Waals surface area contributed by atoms with Gasteiger partial charge in [0.05, 0.1) is 0 Å². The van der Waals surface area contributed by atoms with Crippen molar-refractivity contribution in [2.75, 3.05) is 0 Å². The summed E-state index contributed by atoms with van der Waals surface area (Å²) in [5.74, 6) is 0.767. The fourth-order valence-electron chi connectivity index (χ4n) is 3.75. The van der Waals surface area contributed by atoms with Crippen LogP contribution in [0.1, 0.15) is 81.5 Å². The summed E-state index contributed by atoms with van der Waals surface area (Å²) >= 11 is 0. The molecule has 0 aliphatic rings. The minimum absolute atomic E-state index is 0.228. The Labute approximate surface area is 203 Å². The summed E-state index contributed by atoms with van der Waals surface area (Å²) in [5.41, 5.74) is 7.50. The Balaban J connectivity index is 0.00000265. The van der Waals surface area contributed by atoms with Gasteiger partial charge in [0.25, 0.3) is 0 Å². The van der Waals surface area contributed by atoms with Gasteiger partial charge in [-0.1, -0.05) is 145 Å². The van der Waals surface area contributed by atoms with Gasteiger partial charge in [0, 0.05) is 17.8 Å². The van der Waals surface area contributed by atoms with E-state index in [-0.39, 0.29) is 11.8 Å². The predicted octanol–water partition coefficient (Wildman–Crippen LogP) is 10.1. The normalized spacial score (nSPS) is 14.3. The Hall–Kier alpha value is -3.12. The fourth-order valence-corrected chi connectivity index (χ4v) is 3.75. The van der Waals surface area contributed by atoms with Gasteiger partial charge in [0.1, 0.15) is 0 Å². The van der Waals surface area contributed by atoms with Gasteiger partial charge in [0.15, 0.2) is 0 Å². The largest absolute Gasteiger partial charge is 0.0991 e. The first-order valence-electron chi connectivity index (χ1n) is 12.1. The van der Waals surface area contributed by atoms with Gasteiger partial charge in [-0.25, -0.2) is 0 Å². The molecule has 0 heteroatoms. The Morgan fingerprint density at radius 1 is 0.788 bits per heavy atom. The third kappa shape index (κ3) is 8.06. The molecule has 2 aromatic rings. The first kappa shape index (κ1) is 27.9. The molecule has 0 saturated carbocycles. The monoisotopic (exact) mass is 438 g/mol. The molecule has 0 heterocycles. The van der Waals surface area contributed by atoms with E-state index < -0.39 is 0 Å². The smallest absolute Gasteiger partial charge is 0.00612 e. The van der Waals surface area contributed by atoms with Gasteiger partial charge in [-0.2, -0.15) is 0 Å². The van der Waals surface area contributed by atoms with Gasteiger partial charge in [-0.3, -0.25) is 0 Å². The molecule has 0 bridgehead atoms. The van der Waals surface area contributed by atoms with Crippen molar-refractivity contribution in [2.24, 2.45) is 0 Å². The molecule has 0 aromatic heterocycles. The van der Waals surface area contributed by atoms with Gasteiger partial charge in [-0.15, -0.1) is 0 Å². The first-order valence-corrected chi connectivity index (χ1v) is 12.1. The van der Waals surface area contributed by atoms with Crippen LogP contribution in [-0.4, -0.2) is 0 Å². The van der Waals surface area contributed by atoms with Gasteiger partial charge < -0.3 is 0 Å². The predicted molar refractivity (Wildman–Crippen MR) is 150 cm³/mol. The maximum Gasteiger partial charge on any atom is 0.00612 e. The minimum Gasteiger partial charge on any atom is -0.0991 e. The summed E-state index contributed by atoms with van der Waals surface area (Å²) in [6.45, 7) is 25.0. The maximum atomic E-state index is 4.33. The van der Waals surface area contributed by atoms with Crippen molar-refractivity contribution in [1.82, 2.24) is 0 Å². The number of benzene rings is 2. The van der Waals surface area contributed by atoms with E-state index in [1.807, 2.05) is 51.2 Å². The highest BCUT2D eigenvalue weighted by molar-refractivity contribution is 5.46. The van der Waals surface area contributed by atoms with Crippen LogP contribution in [0, 0.1) is 0 Å². The van der Waals surface area contributed by atoms with Crippen LogP contribution in [0.5, 0.6) is 0 Å². The van der Waals surface area contributed by atoms with E-state index in [2.05, 4.69) is 101 Å². The standard InChI is InChI=1S/C31H36.C2H6/c1-8-11-13-17-23(4)24(5)29-20-30(25(6)27(10-3)16-9-2)22-31(21-29)26(7)28-18-14-12-15-19-28;1-2/h8-22,24-26H,2-4H2,1,5-7H3;1-2H3/b11-8-,17-13-,27-16+;. The van der Waals surface area contributed by atoms with Crippen LogP contribution < -0.4 is 0 Å². The summed E-state index contributed by atoms with van der Waals surface area (Å²) < 4.78 is 0. The summed E-state index contributed by atoms with van der Waals surface area (Å²) in [7, 11) is 0. The van der Waals surface area contributed by atoms with E-state index >= 15 is 0 Å². The molecule has 0 fully saturated rings. The summed E-state index contributed by atoms with van der Waals surface area (Å²) in [6.07, 6.45) is 14.0. The van der Waals surface area contributed by atoms with E-state index in [0.717, 1.165) is 5.57 Å². The van der Waals surface area contributed by atoms with Crippen molar-refractivity contribution in [3.8, 4) is 0 Å². The third-order valence-electron chi connectivity index (χ3n) is 6.02. The van der Waals surface area contributed by atoms with E-state index in [1.165, 1.54) is 27.8 Å². The summed E-state index contributed by atoms with van der Waals surface area (Å²) in [6, 6.07) is 17.7. The van der Waals surface area contributed by atoms with E-state index in [9.17, 15) is 0 Å². The lowest BCUT2D eigenvalue weighted by molar-refractivity contribution is 0.856. The molecule has 174 valence electrons. The highest BCUT2D eigenvalue weighted by Crippen LogP contribution is 2.35. The van der Waals surface area contributed by atoms with Gasteiger partial charge >= 0.3 is 0 Å². The van der Waals surface area contributed by atoms with Crippen LogP contribution >= 0.6 is 0 Å². The molecule has 33 heavy (non-hydrogen) atoms. The van der Waals surface area contributed by atoms with E-state index in [4.69, 9.17) is 0 Å². The zero-order chi connectivity index (χ0) is 24.8. The van der Waals surface area contributed by atoms with Crippen LogP contribution in [-0.2, 0) is 0 Å². The highest BCUT2D eigenvalue weighted by atomic mass is 14.2. The summed E-state index contributed by atoms with van der Waals surface area (Å²) in [4.78, 5) is 0. The lowest BCUT2D eigenvalue weighted by Crippen LogP contribution is -2.05. The van der Waals surface area contributed by atoms with Crippen molar-refractivity contribution in [3.63, 3.8) is 0 Å². The topological polar surface area (TPSA) is 0 Å². The average Bonchev–Trinajstić information content (AvgIpc) is 2.87. The molecule has 0 radical (unpaired) electrons. The van der Waals surface area contributed by atoms with Crippen molar-refractivity contribution < 1.29 is 0 Å². The Kier molecular flexibility index (Phi) is 12.6. The summed E-state index contributed by atoms with van der Waals surface area (Å²) in [5, 5.41) is 0. The highest BCUT2D eigenvalue weighted by Gasteiger charge is 2.18. The van der Waals surface area contributed by atoms with E-state index in [0.29, 0.717) is 5.92 Å². The first-order chi connectivity index (χ1) is 15.9. The second-order valence-corrected chi connectivity index (χ2v) is 8.08. The third-order valence-corrected chi connectivity index (χ3v) is 6.02. The fraction of sp³-hybridized carbons (Fsp3) is 0.273. The second kappa shape index (κ2) is 14.9. The van der Waals surface area contributed by atoms with Crippen LogP contribution in [0.4, 0.5) is 0 Å². The van der Waals surface area contributed by atoms with Crippen LogP contribution in [0.25, 0.3) is 0 Å². The molecular weight excluding hydrogens is 396 g/mol. The van der Waals surface area contributed by atoms with Crippen LogP contribution in [0.15, 0.2) is 122 Å². The Morgan fingerprint density at radius 3 is 1.91 bits per heavy atom. The van der Waals surface area contributed by atoms with Crippen molar-refractivity contribution in [1.29, 1.82) is 0 Å². The number of rotatable bonds is 10.